The Bertz CT molecular complexity index is 1790. The number of benzene rings is 1. The summed E-state index contributed by atoms with van der Waals surface area (Å²) >= 11 is 6.42. The minimum Gasteiger partial charge on any atom is -0.508 e. The average molecular weight is 619 g/mol. The normalized spacial score (nSPS) is 15.1. The van der Waals surface area contributed by atoms with E-state index in [-0.39, 0.29) is 36.0 Å². The molecular formula is C31H29ClF2N8O2. The number of hydrogen-bond donors (Lipinski definition) is 1. The van der Waals surface area contributed by atoms with Gasteiger partial charge in [0, 0.05) is 61.7 Å². The number of aryl methyl sites for hydroxylation is 2. The Kier molecular flexibility index (Phi) is 8.96. The van der Waals surface area contributed by atoms with E-state index in [0.29, 0.717) is 52.1 Å². The Morgan fingerprint density at radius 2 is 1.82 bits per heavy atom. The van der Waals surface area contributed by atoms with Gasteiger partial charge in [-0.3, -0.25) is 9.78 Å². The molecule has 4 aromatic rings. The van der Waals surface area contributed by atoms with Crippen LogP contribution < -0.4 is 4.90 Å². The van der Waals surface area contributed by atoms with Crippen molar-refractivity contribution in [2.45, 2.75) is 39.5 Å². The first-order valence-electron chi connectivity index (χ1n) is 14.0. The Morgan fingerprint density at radius 3 is 2.48 bits per heavy atom. The summed E-state index contributed by atoms with van der Waals surface area (Å²) in [6.07, 6.45) is 5.80. The van der Waals surface area contributed by atoms with Crippen molar-refractivity contribution in [3.8, 4) is 23.1 Å². The van der Waals surface area contributed by atoms with E-state index in [1.807, 2.05) is 4.90 Å². The Balaban J connectivity index is 0.00000123. The second kappa shape index (κ2) is 12.9. The lowest BCUT2D eigenvalue weighted by molar-refractivity contribution is -0.128. The van der Waals surface area contributed by atoms with Crippen LogP contribution >= 0.6 is 11.6 Å². The number of aromatic nitrogens is 5. The summed E-state index contributed by atoms with van der Waals surface area (Å²) in [7, 11) is 0. The van der Waals surface area contributed by atoms with Gasteiger partial charge in [0.1, 0.15) is 34.9 Å². The van der Waals surface area contributed by atoms with E-state index in [4.69, 9.17) is 16.9 Å². The largest absolute Gasteiger partial charge is 0.508 e. The van der Waals surface area contributed by atoms with Gasteiger partial charge in [-0.1, -0.05) is 11.6 Å². The van der Waals surface area contributed by atoms with Crippen LogP contribution in [0.25, 0.3) is 28.2 Å². The fourth-order valence-electron chi connectivity index (χ4n) is 5.29. The van der Waals surface area contributed by atoms with Gasteiger partial charge < -0.3 is 14.9 Å². The van der Waals surface area contributed by atoms with E-state index >= 15 is 4.39 Å². The Hall–Kier alpha value is -4.76. The number of piperazine rings is 1. The second-order valence-electron chi connectivity index (χ2n) is 10.5. The third-order valence-electron chi connectivity index (χ3n) is 7.29. The van der Waals surface area contributed by atoms with Crippen molar-refractivity contribution < 1.29 is 18.7 Å². The first-order chi connectivity index (χ1) is 21.1. The molecule has 3 aromatic heterocycles. The summed E-state index contributed by atoms with van der Waals surface area (Å²) in [6, 6.07) is 6.30. The fourth-order valence-corrected chi connectivity index (χ4v) is 5.66. The molecule has 0 unspecified atom stereocenters. The van der Waals surface area contributed by atoms with Crippen LogP contribution in [0, 0.1) is 31.0 Å². The molecule has 0 spiro atoms. The number of phenols is 1. The van der Waals surface area contributed by atoms with Crippen molar-refractivity contribution in [1.82, 2.24) is 29.8 Å². The van der Waals surface area contributed by atoms with Gasteiger partial charge in [-0.05, 0) is 56.4 Å². The van der Waals surface area contributed by atoms with Gasteiger partial charge >= 0.3 is 0 Å². The van der Waals surface area contributed by atoms with Gasteiger partial charge in [0.05, 0.1) is 17.1 Å². The van der Waals surface area contributed by atoms with Crippen molar-refractivity contribution in [3.05, 3.63) is 70.2 Å². The third kappa shape index (κ3) is 6.43. The van der Waals surface area contributed by atoms with Crippen LogP contribution in [0.1, 0.15) is 48.5 Å². The predicted molar refractivity (Wildman–Crippen MR) is 162 cm³/mol. The molecule has 1 amide bonds. The van der Waals surface area contributed by atoms with Gasteiger partial charge in [-0.25, -0.2) is 28.7 Å². The summed E-state index contributed by atoms with van der Waals surface area (Å²) < 4.78 is 30.7. The molecule has 1 aliphatic carbocycles. The lowest BCUT2D eigenvalue weighted by Crippen LogP contribution is -2.49. The lowest BCUT2D eigenvalue weighted by Gasteiger charge is -2.35. The number of phenolic OH excluding ortho intramolecular Hbond substituents is 1. The molecule has 2 fully saturated rings. The van der Waals surface area contributed by atoms with Crippen LogP contribution in [0.15, 0.2) is 36.6 Å². The highest BCUT2D eigenvalue weighted by Crippen LogP contribution is 2.49. The number of anilines is 1. The van der Waals surface area contributed by atoms with Crippen LogP contribution in [-0.4, -0.2) is 67.0 Å². The number of fused-ring (bicyclic) bond motifs is 1. The smallest absolute Gasteiger partial charge is 0.282 e. The molecule has 1 aliphatic heterocycles. The minimum atomic E-state index is -0.903. The zero-order valence-corrected chi connectivity index (χ0v) is 25.1. The Labute approximate surface area is 257 Å². The monoisotopic (exact) mass is 618 g/mol. The molecule has 226 valence electrons. The lowest BCUT2D eigenvalue weighted by atomic mass is 9.98. The highest BCUT2D eigenvalue weighted by molar-refractivity contribution is 6.32. The summed E-state index contributed by atoms with van der Waals surface area (Å²) in [4.78, 5) is 37.4. The topological polar surface area (TPSA) is 132 Å². The van der Waals surface area contributed by atoms with Crippen molar-refractivity contribution in [3.63, 3.8) is 0 Å². The minimum absolute atomic E-state index is 0.0635. The number of nitriles is 1. The SMILES string of the molecule is CC#N.Cc1cc(/C=C(\F)C(=O)N2CCN(c3ncnc4c(F)c(-c5cc(O)cc(Cl)c5C5CC5)ncc34)CC2)nc(C)n1. The second-order valence-corrected chi connectivity index (χ2v) is 10.9. The molecule has 6 rings (SSSR count). The highest BCUT2D eigenvalue weighted by atomic mass is 35.5. The first-order valence-corrected chi connectivity index (χ1v) is 14.4. The van der Waals surface area contributed by atoms with Crippen LogP contribution in [0.3, 0.4) is 0 Å². The molecule has 1 saturated carbocycles. The number of carbonyl (C=O) groups is 1. The number of amides is 1. The quantitative estimate of drug-likeness (QED) is 0.281. The van der Waals surface area contributed by atoms with Gasteiger partial charge in [0.25, 0.3) is 5.91 Å². The zero-order chi connectivity index (χ0) is 31.5. The summed E-state index contributed by atoms with van der Waals surface area (Å²) in [5.41, 5.74) is 2.39. The van der Waals surface area contributed by atoms with E-state index in [0.717, 1.165) is 24.5 Å². The van der Waals surface area contributed by atoms with Crippen molar-refractivity contribution >= 4 is 40.3 Å². The maximum atomic E-state index is 15.9. The van der Waals surface area contributed by atoms with E-state index in [9.17, 15) is 14.3 Å². The van der Waals surface area contributed by atoms with Gasteiger partial charge in [0.15, 0.2) is 11.6 Å². The van der Waals surface area contributed by atoms with E-state index in [2.05, 4.69) is 24.9 Å². The van der Waals surface area contributed by atoms with Crippen LogP contribution in [0.2, 0.25) is 5.02 Å². The molecule has 1 N–H and O–H groups in total. The number of halogens is 3. The van der Waals surface area contributed by atoms with Gasteiger partial charge in [-0.15, -0.1) is 0 Å². The zero-order valence-electron chi connectivity index (χ0n) is 24.4. The first kappa shape index (κ1) is 30.7. The molecular weight excluding hydrogens is 590 g/mol. The number of rotatable bonds is 5. The average Bonchev–Trinajstić information content (AvgIpc) is 3.82. The fraction of sp³-hybridized carbons (Fsp3) is 0.323. The summed E-state index contributed by atoms with van der Waals surface area (Å²) in [5.74, 6) is -1.16. The van der Waals surface area contributed by atoms with Crippen LogP contribution in [0.5, 0.6) is 5.75 Å². The van der Waals surface area contributed by atoms with Gasteiger partial charge in [-0.2, -0.15) is 5.26 Å². The summed E-state index contributed by atoms with van der Waals surface area (Å²) in [6.45, 7) is 6.11. The summed E-state index contributed by atoms with van der Waals surface area (Å²) in [5, 5.41) is 18.3. The number of nitrogens with zero attached hydrogens (tertiary/aromatic N) is 8. The molecule has 0 bridgehead atoms. The molecule has 1 aromatic carbocycles. The molecule has 4 heterocycles. The molecule has 0 radical (unpaired) electrons. The predicted octanol–water partition coefficient (Wildman–Crippen LogP) is 5.66. The van der Waals surface area contributed by atoms with E-state index in [1.165, 1.54) is 36.5 Å². The molecule has 13 heteroatoms. The maximum absolute atomic E-state index is 15.9. The van der Waals surface area contributed by atoms with Crippen LogP contribution in [-0.2, 0) is 4.79 Å². The molecule has 10 nitrogen and oxygen atoms in total. The van der Waals surface area contributed by atoms with Crippen LogP contribution in [0.4, 0.5) is 14.6 Å². The van der Waals surface area contributed by atoms with Crippen molar-refractivity contribution in [1.29, 1.82) is 5.26 Å². The highest BCUT2D eigenvalue weighted by Gasteiger charge is 2.32. The number of carbonyl (C=O) groups excluding carboxylic acids is 1. The number of aromatic hydroxyl groups is 1. The van der Waals surface area contributed by atoms with Crippen molar-refractivity contribution in [2.24, 2.45) is 0 Å². The number of hydrogen-bond acceptors (Lipinski definition) is 9. The van der Waals surface area contributed by atoms with E-state index in [1.54, 1.807) is 26.0 Å². The standard InChI is InChI=1S/C29H26ClF2N7O2.C2H3N/c1-15-9-18(37-16(2)36-15)10-23(31)29(41)39-7-5-38(6-8-39)28-21-13-33-26(25(32)27(21)34-14-35-28)20-11-19(40)12-22(30)24(20)17-3-4-17;1-2-3/h9-14,17,40H,3-8H2,1-2H3;1H3/b23-10-;. The molecule has 1 saturated heterocycles. The molecule has 44 heavy (non-hydrogen) atoms. The molecule has 0 atom stereocenters. The van der Waals surface area contributed by atoms with E-state index < -0.39 is 17.6 Å². The Morgan fingerprint density at radius 1 is 1.11 bits per heavy atom. The maximum Gasteiger partial charge on any atom is 0.282 e. The van der Waals surface area contributed by atoms with Crippen molar-refractivity contribution in [2.75, 3.05) is 31.1 Å². The van der Waals surface area contributed by atoms with Gasteiger partial charge in [0.2, 0.25) is 0 Å². The third-order valence-corrected chi connectivity index (χ3v) is 7.60. The molecule has 2 aliphatic rings. The number of pyridine rings is 1.